The third-order valence-corrected chi connectivity index (χ3v) is 2.30. The zero-order chi connectivity index (χ0) is 12.8. The van der Waals surface area contributed by atoms with Crippen LogP contribution in [0.5, 0.6) is 0 Å². The van der Waals surface area contributed by atoms with Crippen LogP contribution in [0.25, 0.3) is 0 Å². The summed E-state index contributed by atoms with van der Waals surface area (Å²) >= 11 is 0. The van der Waals surface area contributed by atoms with Gasteiger partial charge in [-0.05, 0) is 11.8 Å². The Morgan fingerprint density at radius 3 is 2.38 bits per heavy atom. The highest BCUT2D eigenvalue weighted by atomic mass is 16.4. The second-order valence-corrected chi connectivity index (χ2v) is 5.50. The van der Waals surface area contributed by atoms with Gasteiger partial charge >= 0.3 is 0 Å². The maximum absolute atomic E-state index is 9.72. The lowest BCUT2D eigenvalue weighted by Gasteiger charge is -2.23. The minimum Gasteiger partial charge on any atom is -0.409 e. The van der Waals surface area contributed by atoms with Gasteiger partial charge in [-0.25, -0.2) is 0 Å². The standard InChI is InChI=1S/C11H25N3O2/c1-8(10(12)14-16)6-13-7-9(15)5-11(2,3)4/h8-9,13,15-16H,5-7H2,1-4H3,(H2,12,14). The quantitative estimate of drug-likeness (QED) is 0.235. The van der Waals surface area contributed by atoms with E-state index in [1.807, 2.05) is 6.92 Å². The van der Waals surface area contributed by atoms with Crippen molar-refractivity contribution in [3.05, 3.63) is 0 Å². The van der Waals surface area contributed by atoms with Gasteiger partial charge in [0.15, 0.2) is 0 Å². The van der Waals surface area contributed by atoms with E-state index in [-0.39, 0.29) is 23.3 Å². The molecule has 5 N–H and O–H groups in total. The van der Waals surface area contributed by atoms with Crippen molar-refractivity contribution < 1.29 is 10.3 Å². The fourth-order valence-corrected chi connectivity index (χ4v) is 1.45. The second kappa shape index (κ2) is 6.70. The van der Waals surface area contributed by atoms with Crippen molar-refractivity contribution in [3.63, 3.8) is 0 Å². The fraction of sp³-hybridized carbons (Fsp3) is 0.909. The molecule has 0 bridgehead atoms. The molecule has 5 nitrogen and oxygen atoms in total. The Bertz CT molecular complexity index is 224. The van der Waals surface area contributed by atoms with Gasteiger partial charge in [0.1, 0.15) is 5.84 Å². The first-order chi connectivity index (χ1) is 7.26. The van der Waals surface area contributed by atoms with Crippen LogP contribution in [0.4, 0.5) is 0 Å². The van der Waals surface area contributed by atoms with Crippen molar-refractivity contribution in [3.8, 4) is 0 Å². The normalized spacial score (nSPS) is 17.2. The van der Waals surface area contributed by atoms with E-state index in [9.17, 15) is 5.11 Å². The average Bonchev–Trinajstić information content (AvgIpc) is 2.13. The summed E-state index contributed by atoms with van der Waals surface area (Å²) in [5, 5.41) is 24.2. The first kappa shape index (κ1) is 15.2. The summed E-state index contributed by atoms with van der Waals surface area (Å²) in [4.78, 5) is 0. The molecule has 0 aromatic rings. The predicted octanol–water partition coefficient (Wildman–Crippen LogP) is 0.756. The summed E-state index contributed by atoms with van der Waals surface area (Å²) in [5.74, 6) is 0.171. The van der Waals surface area contributed by atoms with E-state index < -0.39 is 0 Å². The third kappa shape index (κ3) is 7.48. The van der Waals surface area contributed by atoms with Gasteiger partial charge in [-0.2, -0.15) is 0 Å². The molecule has 0 fully saturated rings. The molecule has 0 heterocycles. The maximum Gasteiger partial charge on any atom is 0.143 e. The molecule has 0 spiro atoms. The molecule has 2 unspecified atom stereocenters. The van der Waals surface area contributed by atoms with E-state index in [0.29, 0.717) is 13.1 Å². The molecule has 0 aromatic heterocycles. The van der Waals surface area contributed by atoms with Gasteiger partial charge in [-0.3, -0.25) is 0 Å². The molecular formula is C11H25N3O2. The number of oxime groups is 1. The fourth-order valence-electron chi connectivity index (χ4n) is 1.45. The van der Waals surface area contributed by atoms with Gasteiger partial charge in [-0.15, -0.1) is 0 Å². The van der Waals surface area contributed by atoms with E-state index in [2.05, 4.69) is 31.2 Å². The summed E-state index contributed by atoms with van der Waals surface area (Å²) in [6.45, 7) is 9.26. The number of nitrogens with zero attached hydrogens (tertiary/aromatic N) is 1. The molecular weight excluding hydrogens is 206 g/mol. The van der Waals surface area contributed by atoms with Crippen molar-refractivity contribution in [2.24, 2.45) is 22.2 Å². The minimum atomic E-state index is -0.362. The summed E-state index contributed by atoms with van der Waals surface area (Å²) < 4.78 is 0. The number of hydrogen-bond acceptors (Lipinski definition) is 4. The van der Waals surface area contributed by atoms with E-state index >= 15 is 0 Å². The number of nitrogens with two attached hydrogens (primary N) is 1. The monoisotopic (exact) mass is 231 g/mol. The topological polar surface area (TPSA) is 90.9 Å². The number of aliphatic hydroxyl groups excluding tert-OH is 1. The number of amidine groups is 1. The van der Waals surface area contributed by atoms with E-state index in [4.69, 9.17) is 10.9 Å². The van der Waals surface area contributed by atoms with Gasteiger partial charge in [0, 0.05) is 19.0 Å². The lowest BCUT2D eigenvalue weighted by atomic mass is 9.89. The highest BCUT2D eigenvalue weighted by Gasteiger charge is 2.16. The molecule has 0 aromatic carbocycles. The number of hydrogen-bond donors (Lipinski definition) is 4. The molecule has 0 aliphatic heterocycles. The van der Waals surface area contributed by atoms with Crippen molar-refractivity contribution >= 4 is 5.84 Å². The van der Waals surface area contributed by atoms with Crippen molar-refractivity contribution in [2.45, 2.75) is 40.2 Å². The molecule has 96 valence electrons. The third-order valence-electron chi connectivity index (χ3n) is 2.30. The van der Waals surface area contributed by atoms with E-state index in [1.54, 1.807) is 0 Å². The number of aliphatic hydroxyl groups is 1. The average molecular weight is 231 g/mol. The lowest BCUT2D eigenvalue weighted by molar-refractivity contribution is 0.119. The van der Waals surface area contributed by atoms with Gasteiger partial charge in [0.25, 0.3) is 0 Å². The highest BCUT2D eigenvalue weighted by molar-refractivity contribution is 5.82. The van der Waals surface area contributed by atoms with Crippen LogP contribution < -0.4 is 11.1 Å². The highest BCUT2D eigenvalue weighted by Crippen LogP contribution is 2.20. The maximum atomic E-state index is 9.72. The number of rotatable bonds is 6. The Balaban J connectivity index is 3.74. The SMILES string of the molecule is CC(CNCC(O)CC(C)(C)C)C(N)=NO. The Labute approximate surface area is 97.7 Å². The second-order valence-electron chi connectivity index (χ2n) is 5.50. The first-order valence-electron chi connectivity index (χ1n) is 5.62. The number of nitrogens with one attached hydrogen (secondary N) is 1. The Hall–Kier alpha value is -0.810. The Morgan fingerprint density at radius 2 is 1.94 bits per heavy atom. The van der Waals surface area contributed by atoms with Crippen LogP contribution in [0.1, 0.15) is 34.1 Å². The molecule has 0 radical (unpaired) electrons. The summed E-state index contributed by atoms with van der Waals surface area (Å²) in [5.41, 5.74) is 5.56. The molecule has 0 aliphatic carbocycles. The van der Waals surface area contributed by atoms with Crippen molar-refractivity contribution in [2.75, 3.05) is 13.1 Å². The minimum absolute atomic E-state index is 0.0353. The molecule has 5 heteroatoms. The van der Waals surface area contributed by atoms with Gasteiger partial charge in [0.05, 0.1) is 6.10 Å². The van der Waals surface area contributed by atoms with Crippen LogP contribution in [0.3, 0.4) is 0 Å². The van der Waals surface area contributed by atoms with Crippen molar-refractivity contribution in [1.29, 1.82) is 0 Å². The van der Waals surface area contributed by atoms with Gasteiger partial charge < -0.3 is 21.4 Å². The first-order valence-corrected chi connectivity index (χ1v) is 5.62. The molecule has 0 rings (SSSR count). The van der Waals surface area contributed by atoms with Crippen LogP contribution in [0.15, 0.2) is 5.16 Å². The summed E-state index contributed by atoms with van der Waals surface area (Å²) in [6.07, 6.45) is 0.386. The summed E-state index contributed by atoms with van der Waals surface area (Å²) in [6, 6.07) is 0. The molecule has 0 amide bonds. The Morgan fingerprint density at radius 1 is 1.38 bits per heavy atom. The molecule has 0 aliphatic rings. The molecule has 2 atom stereocenters. The van der Waals surface area contributed by atoms with E-state index in [0.717, 1.165) is 6.42 Å². The van der Waals surface area contributed by atoms with Crippen LogP contribution in [0, 0.1) is 11.3 Å². The van der Waals surface area contributed by atoms with Crippen LogP contribution in [0.2, 0.25) is 0 Å². The van der Waals surface area contributed by atoms with Crippen LogP contribution in [-0.4, -0.2) is 35.3 Å². The molecule has 0 saturated heterocycles. The molecule has 16 heavy (non-hydrogen) atoms. The largest absolute Gasteiger partial charge is 0.409 e. The van der Waals surface area contributed by atoms with Crippen LogP contribution >= 0.6 is 0 Å². The van der Waals surface area contributed by atoms with Crippen LogP contribution in [-0.2, 0) is 0 Å². The molecule has 0 saturated carbocycles. The Kier molecular flexibility index (Phi) is 6.36. The summed E-state index contributed by atoms with van der Waals surface area (Å²) in [7, 11) is 0. The van der Waals surface area contributed by atoms with Gasteiger partial charge in [-0.1, -0.05) is 32.9 Å². The zero-order valence-electron chi connectivity index (χ0n) is 10.7. The predicted molar refractivity (Wildman–Crippen MR) is 65.5 cm³/mol. The zero-order valence-corrected chi connectivity index (χ0v) is 10.7. The van der Waals surface area contributed by atoms with Gasteiger partial charge in [0.2, 0.25) is 0 Å². The lowest BCUT2D eigenvalue weighted by Crippen LogP contribution is -2.36. The van der Waals surface area contributed by atoms with E-state index in [1.165, 1.54) is 0 Å². The van der Waals surface area contributed by atoms with Crippen molar-refractivity contribution in [1.82, 2.24) is 5.32 Å². The smallest absolute Gasteiger partial charge is 0.143 e.